The predicted molar refractivity (Wildman–Crippen MR) is 109 cm³/mol. The summed E-state index contributed by atoms with van der Waals surface area (Å²) in [5.41, 5.74) is 0.707. The minimum atomic E-state index is -0.841. The fourth-order valence-electron chi connectivity index (χ4n) is 3.91. The monoisotopic (exact) mass is 412 g/mol. The molecular formula is C21H22F2N6O. The van der Waals surface area contributed by atoms with Gasteiger partial charge in [-0.3, -0.25) is 4.79 Å². The molecule has 0 atom stereocenters. The Morgan fingerprint density at radius 2 is 1.73 bits per heavy atom. The molecule has 3 heterocycles. The van der Waals surface area contributed by atoms with E-state index in [0.29, 0.717) is 60.0 Å². The van der Waals surface area contributed by atoms with Gasteiger partial charge in [-0.25, -0.2) is 19.3 Å². The average molecular weight is 412 g/mol. The zero-order chi connectivity index (χ0) is 20.7. The Bertz CT molecular complexity index is 1090. The summed E-state index contributed by atoms with van der Waals surface area (Å²) >= 11 is 0. The molecule has 0 radical (unpaired) electrons. The summed E-state index contributed by atoms with van der Waals surface area (Å²) in [5.74, 6) is -0.400. The van der Waals surface area contributed by atoms with Crippen LogP contribution in [0.1, 0.15) is 54.4 Å². The highest BCUT2D eigenvalue weighted by molar-refractivity contribution is 6.18. The summed E-state index contributed by atoms with van der Waals surface area (Å²) in [6, 6.07) is 3.43. The van der Waals surface area contributed by atoms with Crippen LogP contribution in [0.3, 0.4) is 0 Å². The molecule has 0 aliphatic heterocycles. The number of halogens is 2. The lowest BCUT2D eigenvalue weighted by Crippen LogP contribution is -2.27. The Hall–Kier alpha value is -3.10. The number of rotatable bonds is 6. The molecule has 9 heteroatoms. The van der Waals surface area contributed by atoms with E-state index in [9.17, 15) is 13.6 Å². The van der Waals surface area contributed by atoms with Crippen molar-refractivity contribution in [2.75, 3.05) is 10.6 Å². The van der Waals surface area contributed by atoms with Crippen LogP contribution in [-0.2, 0) is 0 Å². The molecular weight excluding hydrogens is 390 g/mol. The van der Waals surface area contributed by atoms with Crippen LogP contribution in [0.2, 0.25) is 0 Å². The second-order valence-electron chi connectivity index (χ2n) is 8.02. The largest absolute Gasteiger partial charge is 0.367 e. The van der Waals surface area contributed by atoms with Crippen molar-refractivity contribution >= 4 is 28.5 Å². The zero-order valence-corrected chi connectivity index (χ0v) is 16.3. The van der Waals surface area contributed by atoms with Crippen molar-refractivity contribution in [2.24, 2.45) is 0 Å². The van der Waals surface area contributed by atoms with Gasteiger partial charge in [0.05, 0.1) is 16.5 Å². The van der Waals surface area contributed by atoms with E-state index in [0.717, 1.165) is 12.8 Å². The lowest BCUT2D eigenvalue weighted by molar-refractivity contribution is 0.103. The van der Waals surface area contributed by atoms with Crippen LogP contribution < -0.4 is 10.6 Å². The maximum Gasteiger partial charge on any atom is 0.226 e. The van der Waals surface area contributed by atoms with Crippen LogP contribution in [0.4, 0.5) is 20.4 Å². The molecule has 0 amide bonds. The fourth-order valence-corrected chi connectivity index (χ4v) is 3.91. The van der Waals surface area contributed by atoms with Gasteiger partial charge in [0.1, 0.15) is 29.8 Å². The van der Waals surface area contributed by atoms with E-state index in [1.807, 2.05) is 0 Å². The van der Waals surface area contributed by atoms with Crippen molar-refractivity contribution in [1.29, 1.82) is 0 Å². The first-order valence-corrected chi connectivity index (χ1v) is 10.3. The van der Waals surface area contributed by atoms with Crippen molar-refractivity contribution in [3.63, 3.8) is 0 Å². The van der Waals surface area contributed by atoms with E-state index in [1.54, 1.807) is 6.07 Å². The van der Waals surface area contributed by atoms with Crippen molar-refractivity contribution in [1.82, 2.24) is 19.9 Å². The van der Waals surface area contributed by atoms with Crippen molar-refractivity contribution in [2.45, 2.75) is 56.8 Å². The number of hydrogen-bond acceptors (Lipinski definition) is 6. The smallest absolute Gasteiger partial charge is 0.226 e. The molecule has 3 N–H and O–H groups in total. The third-order valence-corrected chi connectivity index (χ3v) is 5.73. The first kappa shape index (κ1) is 18.9. The second kappa shape index (κ2) is 7.62. The number of carbonyl (C=O) groups is 1. The third kappa shape index (κ3) is 3.71. The zero-order valence-electron chi connectivity index (χ0n) is 16.3. The van der Waals surface area contributed by atoms with Crippen LogP contribution in [-0.4, -0.2) is 44.0 Å². The number of alkyl halides is 1. The maximum absolute atomic E-state index is 14.7. The fraction of sp³-hybridized carbons (Fsp3) is 0.429. The number of nitrogens with zero attached hydrogens (tertiary/aromatic N) is 3. The van der Waals surface area contributed by atoms with Crippen molar-refractivity contribution in [3.05, 3.63) is 41.7 Å². The van der Waals surface area contributed by atoms with Crippen molar-refractivity contribution < 1.29 is 13.6 Å². The molecule has 7 nitrogen and oxygen atoms in total. The van der Waals surface area contributed by atoms with Crippen LogP contribution in [0.25, 0.3) is 11.0 Å². The Balaban J connectivity index is 1.40. The van der Waals surface area contributed by atoms with E-state index in [1.165, 1.54) is 18.6 Å². The summed E-state index contributed by atoms with van der Waals surface area (Å²) < 4.78 is 28.0. The summed E-state index contributed by atoms with van der Waals surface area (Å²) in [4.78, 5) is 28.4. The van der Waals surface area contributed by atoms with E-state index in [2.05, 4.69) is 30.6 Å². The molecule has 3 aromatic heterocycles. The van der Waals surface area contributed by atoms with Gasteiger partial charge in [-0.15, -0.1) is 0 Å². The molecule has 2 fully saturated rings. The maximum atomic E-state index is 14.7. The summed E-state index contributed by atoms with van der Waals surface area (Å²) in [6.07, 6.45) is 6.66. The first-order chi connectivity index (χ1) is 14.6. The Morgan fingerprint density at radius 3 is 2.47 bits per heavy atom. The molecule has 5 rings (SSSR count). The molecule has 0 saturated heterocycles. The van der Waals surface area contributed by atoms with Gasteiger partial charge in [-0.1, -0.05) is 0 Å². The predicted octanol–water partition coefficient (Wildman–Crippen LogP) is 3.99. The normalized spacial score (nSPS) is 21.5. The topological polar surface area (TPSA) is 95.6 Å². The molecule has 2 aliphatic rings. The summed E-state index contributed by atoms with van der Waals surface area (Å²) in [6.45, 7) is 0. The summed E-state index contributed by atoms with van der Waals surface area (Å²) in [5, 5.41) is 6.99. The van der Waals surface area contributed by atoms with Gasteiger partial charge in [0, 0.05) is 18.3 Å². The van der Waals surface area contributed by atoms with Gasteiger partial charge >= 0.3 is 0 Å². The molecule has 30 heavy (non-hydrogen) atoms. The van der Waals surface area contributed by atoms with Gasteiger partial charge in [-0.05, 0) is 50.7 Å². The van der Waals surface area contributed by atoms with Gasteiger partial charge in [0.25, 0.3) is 0 Å². The van der Waals surface area contributed by atoms with E-state index in [4.69, 9.17) is 0 Å². The third-order valence-electron chi connectivity index (χ3n) is 5.73. The molecule has 2 saturated carbocycles. The lowest BCUT2D eigenvalue weighted by atomic mass is 9.94. The van der Waals surface area contributed by atoms with Crippen LogP contribution in [0.15, 0.2) is 24.7 Å². The molecule has 2 aliphatic carbocycles. The molecule has 0 spiro atoms. The van der Waals surface area contributed by atoms with E-state index >= 15 is 0 Å². The SMILES string of the molecule is O=C(c1ccc(NC2CCC(F)CC2)nc1F)c1c[nH]c2ncnc(NC3CC3)c12. The van der Waals surface area contributed by atoms with Crippen LogP contribution in [0, 0.1) is 5.95 Å². The molecule has 0 bridgehead atoms. The van der Waals surface area contributed by atoms with Gasteiger partial charge < -0.3 is 15.6 Å². The number of aromatic amines is 1. The Kier molecular flexibility index (Phi) is 4.80. The van der Waals surface area contributed by atoms with Crippen LogP contribution >= 0.6 is 0 Å². The Labute approximate surface area is 171 Å². The highest BCUT2D eigenvalue weighted by Crippen LogP contribution is 2.31. The van der Waals surface area contributed by atoms with Gasteiger partial charge in [0.2, 0.25) is 5.95 Å². The number of hydrogen-bond donors (Lipinski definition) is 3. The number of anilines is 2. The highest BCUT2D eigenvalue weighted by Gasteiger charge is 2.26. The quantitative estimate of drug-likeness (QED) is 0.419. The molecule has 3 aromatic rings. The number of fused-ring (bicyclic) bond motifs is 1. The average Bonchev–Trinajstić information content (AvgIpc) is 3.44. The Morgan fingerprint density at radius 1 is 1.00 bits per heavy atom. The lowest BCUT2D eigenvalue weighted by Gasteiger charge is -2.25. The second-order valence-corrected chi connectivity index (χ2v) is 8.02. The van der Waals surface area contributed by atoms with E-state index in [-0.39, 0.29) is 11.6 Å². The standard InChI is InChI=1S/C21H22F2N6O/c22-11-1-3-12(4-2-11)27-16-8-7-14(19(23)29-16)18(30)15-9-24-20-17(15)21(26-10-25-20)28-13-5-6-13/h7-13H,1-6H2,(H,27,29)(H2,24,25,26,28). The number of carbonyl (C=O) groups excluding carboxylic acids is 1. The molecule has 0 aromatic carbocycles. The number of H-pyrrole nitrogens is 1. The number of nitrogens with one attached hydrogen (secondary N) is 3. The van der Waals surface area contributed by atoms with Crippen LogP contribution in [0.5, 0.6) is 0 Å². The number of aromatic nitrogens is 4. The minimum absolute atomic E-state index is 0.0623. The summed E-state index contributed by atoms with van der Waals surface area (Å²) in [7, 11) is 0. The van der Waals surface area contributed by atoms with Gasteiger partial charge in [-0.2, -0.15) is 4.39 Å². The van der Waals surface area contributed by atoms with E-state index < -0.39 is 17.9 Å². The van der Waals surface area contributed by atoms with Gasteiger partial charge in [0.15, 0.2) is 5.78 Å². The highest BCUT2D eigenvalue weighted by atomic mass is 19.1. The molecule has 0 unspecified atom stereocenters. The number of ketones is 1. The van der Waals surface area contributed by atoms with Crippen molar-refractivity contribution in [3.8, 4) is 0 Å². The minimum Gasteiger partial charge on any atom is -0.367 e. The molecule has 156 valence electrons. The number of pyridine rings is 1. The first-order valence-electron chi connectivity index (χ1n) is 10.3.